The van der Waals surface area contributed by atoms with Crippen molar-refractivity contribution in [2.24, 2.45) is 4.99 Å². The Morgan fingerprint density at radius 1 is 1.21 bits per heavy atom. The number of benzene rings is 1. The van der Waals surface area contributed by atoms with Crippen LogP contribution in [-0.4, -0.2) is 33.0 Å². The van der Waals surface area contributed by atoms with Crippen molar-refractivity contribution >= 4 is 17.6 Å². The highest BCUT2D eigenvalue weighted by Gasteiger charge is 2.38. The van der Waals surface area contributed by atoms with Gasteiger partial charge in [0.1, 0.15) is 5.82 Å². The van der Waals surface area contributed by atoms with E-state index in [1.54, 1.807) is 0 Å². The summed E-state index contributed by atoms with van der Waals surface area (Å²) in [5.74, 6) is 1.58. The van der Waals surface area contributed by atoms with E-state index in [-0.39, 0.29) is 5.41 Å². The Hall–Kier alpha value is -2.56. The Labute approximate surface area is 141 Å². The van der Waals surface area contributed by atoms with Gasteiger partial charge in [-0.15, -0.1) is 0 Å². The van der Waals surface area contributed by atoms with Gasteiger partial charge in [0.2, 0.25) is 0 Å². The fraction of sp³-hybridized carbons (Fsp3) is 0.368. The first-order chi connectivity index (χ1) is 11.6. The van der Waals surface area contributed by atoms with Gasteiger partial charge in [0.25, 0.3) is 0 Å². The minimum atomic E-state index is 0.155. The third-order valence-electron chi connectivity index (χ3n) is 5.08. The molecule has 0 N–H and O–H groups in total. The Morgan fingerprint density at radius 2 is 2.04 bits per heavy atom. The normalized spacial score (nSPS) is 16.1. The van der Waals surface area contributed by atoms with Gasteiger partial charge in [0, 0.05) is 29.1 Å². The second kappa shape index (κ2) is 5.51. The molecule has 1 aromatic carbocycles. The highest BCUT2D eigenvalue weighted by atomic mass is 15.3. The summed E-state index contributed by atoms with van der Waals surface area (Å²) in [6, 6.07) is 8.59. The van der Waals surface area contributed by atoms with E-state index >= 15 is 0 Å². The lowest BCUT2D eigenvalue weighted by Gasteiger charge is -2.41. The van der Waals surface area contributed by atoms with E-state index in [1.807, 2.05) is 30.8 Å². The van der Waals surface area contributed by atoms with E-state index < -0.39 is 0 Å². The summed E-state index contributed by atoms with van der Waals surface area (Å²) in [4.78, 5) is 13.1. The summed E-state index contributed by atoms with van der Waals surface area (Å²) in [5, 5.41) is 5.67. The number of fused-ring (bicyclic) bond motifs is 1. The zero-order valence-corrected chi connectivity index (χ0v) is 14.2. The molecule has 0 aliphatic heterocycles. The highest BCUT2D eigenvalue weighted by molar-refractivity contribution is 5.81. The molecule has 4 rings (SSSR count). The Balaban J connectivity index is 1.86. The van der Waals surface area contributed by atoms with Gasteiger partial charge in [-0.3, -0.25) is 0 Å². The first-order valence-corrected chi connectivity index (χ1v) is 8.35. The van der Waals surface area contributed by atoms with E-state index in [0.29, 0.717) is 0 Å². The molecule has 0 saturated heterocycles. The van der Waals surface area contributed by atoms with Crippen LogP contribution in [0.4, 0.5) is 0 Å². The second-order valence-corrected chi connectivity index (χ2v) is 6.76. The molecule has 122 valence electrons. The lowest BCUT2D eigenvalue weighted by Crippen LogP contribution is -2.37. The van der Waals surface area contributed by atoms with Crippen LogP contribution in [0.25, 0.3) is 16.7 Å². The van der Waals surface area contributed by atoms with Gasteiger partial charge in [-0.05, 0) is 45.0 Å². The number of aliphatic imine (C=N–C) groups is 1. The minimum Gasteiger partial charge on any atom is -0.300 e. The number of nitrogens with zero attached hydrogens (tertiary/aromatic N) is 5. The fourth-order valence-corrected chi connectivity index (χ4v) is 3.69. The molecule has 1 saturated carbocycles. The second-order valence-electron chi connectivity index (χ2n) is 6.76. The zero-order valence-electron chi connectivity index (χ0n) is 14.2. The van der Waals surface area contributed by atoms with Crippen molar-refractivity contribution < 1.29 is 0 Å². The third-order valence-corrected chi connectivity index (χ3v) is 5.08. The van der Waals surface area contributed by atoms with Gasteiger partial charge in [0.15, 0.2) is 5.82 Å². The van der Waals surface area contributed by atoms with E-state index in [1.165, 1.54) is 24.8 Å². The number of hydrogen-bond acceptors (Lipinski definition) is 4. The van der Waals surface area contributed by atoms with Gasteiger partial charge in [-0.2, -0.15) is 5.10 Å². The average Bonchev–Trinajstić information content (AvgIpc) is 2.93. The van der Waals surface area contributed by atoms with Crippen LogP contribution in [-0.2, 0) is 5.41 Å². The lowest BCUT2D eigenvalue weighted by molar-refractivity contribution is 0.254. The molecule has 0 atom stereocenters. The molecule has 5 heteroatoms. The molecule has 0 amide bonds. The average molecular weight is 319 g/mol. The summed E-state index contributed by atoms with van der Waals surface area (Å²) >= 11 is 0. The molecule has 0 bridgehead atoms. The summed E-state index contributed by atoms with van der Waals surface area (Å²) < 4.78 is 1.91. The standard InChI is InChI=1S/C19H21N5/c1-13-9-18(23-14(2)22-13)24-17-10-16(6-5-15(17)11-21-24)19(12-20-3)7-4-8-19/h5-6,9-11H,3-4,7-8,12H2,1-2H3. The number of aryl methyl sites for hydroxylation is 2. The lowest BCUT2D eigenvalue weighted by atomic mass is 9.64. The zero-order chi connectivity index (χ0) is 16.7. The van der Waals surface area contributed by atoms with Crippen molar-refractivity contribution in [2.75, 3.05) is 6.54 Å². The van der Waals surface area contributed by atoms with Crippen molar-refractivity contribution in [3.63, 3.8) is 0 Å². The maximum absolute atomic E-state index is 4.55. The highest BCUT2D eigenvalue weighted by Crippen LogP contribution is 2.44. The van der Waals surface area contributed by atoms with Gasteiger partial charge in [-0.25, -0.2) is 14.6 Å². The Bertz CT molecular complexity index is 900. The number of hydrogen-bond donors (Lipinski definition) is 0. The van der Waals surface area contributed by atoms with Gasteiger partial charge < -0.3 is 4.99 Å². The smallest absolute Gasteiger partial charge is 0.157 e. The monoisotopic (exact) mass is 319 g/mol. The van der Waals surface area contributed by atoms with Crippen LogP contribution in [0.15, 0.2) is 35.5 Å². The first-order valence-electron chi connectivity index (χ1n) is 8.35. The molecule has 3 aromatic rings. The summed E-state index contributed by atoms with van der Waals surface area (Å²) in [6.07, 6.45) is 5.51. The Kier molecular flexibility index (Phi) is 3.44. The molecule has 2 heterocycles. The van der Waals surface area contributed by atoms with Gasteiger partial charge >= 0.3 is 0 Å². The van der Waals surface area contributed by atoms with Crippen LogP contribution >= 0.6 is 0 Å². The van der Waals surface area contributed by atoms with Crippen molar-refractivity contribution in [2.45, 2.75) is 38.5 Å². The largest absolute Gasteiger partial charge is 0.300 e. The molecular formula is C19H21N5. The van der Waals surface area contributed by atoms with E-state index in [0.717, 1.165) is 34.8 Å². The first kappa shape index (κ1) is 15.0. The molecule has 5 nitrogen and oxygen atoms in total. The third kappa shape index (κ3) is 2.31. The van der Waals surface area contributed by atoms with Crippen molar-refractivity contribution in [1.29, 1.82) is 0 Å². The summed E-state index contributed by atoms with van der Waals surface area (Å²) in [7, 11) is 0. The van der Waals surface area contributed by atoms with Crippen LogP contribution in [0, 0.1) is 13.8 Å². The molecule has 24 heavy (non-hydrogen) atoms. The van der Waals surface area contributed by atoms with Crippen LogP contribution in [0.5, 0.6) is 0 Å². The maximum atomic E-state index is 4.55. The molecule has 1 fully saturated rings. The minimum absolute atomic E-state index is 0.155. The van der Waals surface area contributed by atoms with E-state index in [2.05, 4.69) is 45.0 Å². The van der Waals surface area contributed by atoms with Crippen molar-refractivity contribution in [3.8, 4) is 5.82 Å². The molecule has 0 radical (unpaired) electrons. The fourth-order valence-electron chi connectivity index (χ4n) is 3.69. The SMILES string of the molecule is C=NCC1(c2ccc3cnn(-c4cc(C)nc(C)n4)c3c2)CCC1. The maximum Gasteiger partial charge on any atom is 0.157 e. The predicted octanol–water partition coefficient (Wildman–Crippen LogP) is 3.55. The number of rotatable bonds is 4. The summed E-state index contributed by atoms with van der Waals surface area (Å²) in [5.41, 5.74) is 3.52. The molecular weight excluding hydrogens is 298 g/mol. The van der Waals surface area contributed by atoms with E-state index in [9.17, 15) is 0 Å². The molecule has 1 aliphatic carbocycles. The van der Waals surface area contributed by atoms with Gasteiger partial charge in [-0.1, -0.05) is 18.6 Å². The topological polar surface area (TPSA) is 56.0 Å². The van der Waals surface area contributed by atoms with Crippen LogP contribution < -0.4 is 0 Å². The van der Waals surface area contributed by atoms with Crippen LogP contribution in [0.2, 0.25) is 0 Å². The number of aromatic nitrogens is 4. The molecule has 0 spiro atoms. The van der Waals surface area contributed by atoms with Crippen LogP contribution in [0.3, 0.4) is 0 Å². The Morgan fingerprint density at radius 3 is 2.71 bits per heavy atom. The van der Waals surface area contributed by atoms with E-state index in [4.69, 9.17) is 0 Å². The van der Waals surface area contributed by atoms with Crippen molar-refractivity contribution in [1.82, 2.24) is 19.7 Å². The molecule has 1 aliphatic rings. The summed E-state index contributed by atoms with van der Waals surface area (Å²) in [6.45, 7) is 8.39. The quantitative estimate of drug-likeness (QED) is 0.691. The van der Waals surface area contributed by atoms with Crippen LogP contribution in [0.1, 0.15) is 36.3 Å². The molecule has 2 aromatic heterocycles. The van der Waals surface area contributed by atoms with Gasteiger partial charge in [0.05, 0.1) is 11.7 Å². The molecule has 0 unspecified atom stereocenters. The van der Waals surface area contributed by atoms with Crippen molar-refractivity contribution in [3.05, 3.63) is 47.5 Å². The predicted molar refractivity (Wildman–Crippen MR) is 96.1 cm³/mol.